The third-order valence-corrected chi connectivity index (χ3v) is 5.67. The minimum Gasteiger partial charge on any atom is -0.496 e. The fourth-order valence-electron chi connectivity index (χ4n) is 3.95. The first-order valence-corrected chi connectivity index (χ1v) is 10.5. The van der Waals surface area contributed by atoms with Crippen molar-refractivity contribution >= 4 is 23.1 Å². The van der Waals surface area contributed by atoms with Gasteiger partial charge in [0.25, 0.3) is 11.8 Å². The van der Waals surface area contributed by atoms with Gasteiger partial charge in [-0.1, -0.05) is 48.0 Å². The second-order valence-electron chi connectivity index (χ2n) is 7.82. The highest BCUT2D eigenvalue weighted by atomic mass is 16.7. The van der Waals surface area contributed by atoms with E-state index in [1.165, 1.54) is 4.90 Å². The average molecular weight is 442 g/mol. The highest BCUT2D eigenvalue weighted by Gasteiger charge is 2.39. The summed E-state index contributed by atoms with van der Waals surface area (Å²) in [6.45, 7) is 2.23. The summed E-state index contributed by atoms with van der Waals surface area (Å²) < 4.78 is 16.2. The van der Waals surface area contributed by atoms with Gasteiger partial charge in [0.15, 0.2) is 11.5 Å². The van der Waals surface area contributed by atoms with E-state index in [9.17, 15) is 9.59 Å². The summed E-state index contributed by atoms with van der Waals surface area (Å²) in [6.07, 6.45) is 0. The zero-order valence-corrected chi connectivity index (χ0v) is 18.3. The molecule has 0 unspecified atom stereocenters. The number of carbonyl (C=O) groups excluding carboxylic acids is 2. The zero-order valence-electron chi connectivity index (χ0n) is 18.3. The quantitative estimate of drug-likeness (QED) is 0.579. The molecular formula is C26H22N2O5. The predicted molar refractivity (Wildman–Crippen MR) is 123 cm³/mol. The topological polar surface area (TPSA) is 77.1 Å². The molecule has 0 spiro atoms. The lowest BCUT2D eigenvalue weighted by Crippen LogP contribution is -2.32. The molecule has 3 aromatic rings. The number of methoxy groups -OCH3 is 1. The Bertz CT molecular complexity index is 1280. The lowest BCUT2D eigenvalue weighted by molar-refractivity contribution is -0.137. The number of nitrogens with one attached hydrogen (secondary N) is 1. The summed E-state index contributed by atoms with van der Waals surface area (Å²) in [5, 5.41) is 3.16. The van der Waals surface area contributed by atoms with Crippen LogP contribution in [0.4, 0.5) is 5.69 Å². The second kappa shape index (κ2) is 8.35. The number of anilines is 1. The van der Waals surface area contributed by atoms with E-state index >= 15 is 0 Å². The van der Waals surface area contributed by atoms with Crippen LogP contribution in [0.1, 0.15) is 16.7 Å². The van der Waals surface area contributed by atoms with Crippen LogP contribution in [-0.4, -0.2) is 30.6 Å². The average Bonchev–Trinajstić information content (AvgIpc) is 3.38. The molecule has 2 amide bonds. The summed E-state index contributed by atoms with van der Waals surface area (Å²) >= 11 is 0. The summed E-state index contributed by atoms with van der Waals surface area (Å²) in [4.78, 5) is 28.2. The van der Waals surface area contributed by atoms with Gasteiger partial charge in [-0.3, -0.25) is 14.5 Å². The van der Waals surface area contributed by atoms with Crippen LogP contribution in [0.2, 0.25) is 0 Å². The van der Waals surface area contributed by atoms with Crippen molar-refractivity contribution in [3.63, 3.8) is 0 Å². The zero-order chi connectivity index (χ0) is 22.9. The van der Waals surface area contributed by atoms with E-state index in [-0.39, 0.29) is 24.9 Å². The van der Waals surface area contributed by atoms with Gasteiger partial charge in [0.2, 0.25) is 6.79 Å². The molecule has 2 aliphatic rings. The van der Waals surface area contributed by atoms with Gasteiger partial charge in [-0.2, -0.15) is 0 Å². The van der Waals surface area contributed by atoms with Gasteiger partial charge in [-0.25, -0.2) is 0 Å². The van der Waals surface area contributed by atoms with Crippen LogP contribution in [0, 0.1) is 6.92 Å². The molecule has 5 rings (SSSR count). The van der Waals surface area contributed by atoms with E-state index in [1.807, 2.05) is 49.4 Å². The Hall–Kier alpha value is -4.26. The molecular weight excluding hydrogens is 420 g/mol. The Labute approximate surface area is 191 Å². The fraction of sp³-hybridized carbons (Fsp3) is 0.154. The van der Waals surface area contributed by atoms with Gasteiger partial charge >= 0.3 is 0 Å². The van der Waals surface area contributed by atoms with E-state index in [1.54, 1.807) is 31.4 Å². The van der Waals surface area contributed by atoms with Crippen LogP contribution >= 0.6 is 0 Å². The SMILES string of the molecule is COc1ccccc1CN1C(=O)C(Nc2ccc3c(c2)OCO3)=C(c2ccc(C)cc2)C1=O. The Morgan fingerprint density at radius 1 is 0.939 bits per heavy atom. The Kier molecular flexibility index (Phi) is 5.22. The molecule has 0 aliphatic carbocycles. The van der Waals surface area contributed by atoms with Crippen LogP contribution in [0.15, 0.2) is 72.4 Å². The van der Waals surface area contributed by atoms with Gasteiger partial charge in [0, 0.05) is 17.3 Å². The number of nitrogens with zero attached hydrogens (tertiary/aromatic N) is 1. The summed E-state index contributed by atoms with van der Waals surface area (Å²) in [6, 6.07) is 20.2. The maximum Gasteiger partial charge on any atom is 0.278 e. The standard InChI is InChI=1S/C26H22N2O5/c1-16-7-9-17(10-8-16)23-24(27-19-11-12-21-22(13-19)33-15-32-21)26(30)28(25(23)29)14-18-5-3-4-6-20(18)31-2/h3-13,27H,14-15H2,1-2H3. The maximum atomic E-state index is 13.5. The fourth-order valence-corrected chi connectivity index (χ4v) is 3.95. The van der Waals surface area contributed by atoms with Gasteiger partial charge in [0.1, 0.15) is 11.4 Å². The molecule has 0 atom stereocenters. The monoisotopic (exact) mass is 442 g/mol. The second-order valence-corrected chi connectivity index (χ2v) is 7.82. The van der Waals surface area contributed by atoms with E-state index in [0.717, 1.165) is 11.1 Å². The van der Waals surface area contributed by atoms with E-state index < -0.39 is 5.91 Å². The number of hydrogen-bond donors (Lipinski definition) is 1. The molecule has 0 saturated carbocycles. The van der Waals surface area contributed by atoms with Crippen molar-refractivity contribution in [2.45, 2.75) is 13.5 Å². The largest absolute Gasteiger partial charge is 0.496 e. The summed E-state index contributed by atoms with van der Waals surface area (Å²) in [5.74, 6) is 1.07. The summed E-state index contributed by atoms with van der Waals surface area (Å²) in [5.41, 5.74) is 3.65. The molecule has 0 aromatic heterocycles. The van der Waals surface area contributed by atoms with Crippen molar-refractivity contribution in [3.05, 3.63) is 89.1 Å². The van der Waals surface area contributed by atoms with Crippen LogP contribution in [0.3, 0.4) is 0 Å². The first-order chi connectivity index (χ1) is 16.0. The lowest BCUT2D eigenvalue weighted by atomic mass is 10.0. The van der Waals surface area contributed by atoms with Crippen molar-refractivity contribution in [1.82, 2.24) is 4.90 Å². The number of aryl methyl sites for hydroxylation is 1. The number of hydrogen-bond acceptors (Lipinski definition) is 6. The smallest absolute Gasteiger partial charge is 0.278 e. The number of para-hydroxylation sites is 1. The first-order valence-electron chi connectivity index (χ1n) is 10.5. The molecule has 0 saturated heterocycles. The van der Waals surface area contributed by atoms with Gasteiger partial charge < -0.3 is 19.5 Å². The molecule has 166 valence electrons. The van der Waals surface area contributed by atoms with Gasteiger partial charge in [0.05, 0.1) is 19.2 Å². The molecule has 0 bridgehead atoms. The minimum absolute atomic E-state index is 0.101. The highest BCUT2D eigenvalue weighted by molar-refractivity contribution is 6.36. The van der Waals surface area contributed by atoms with Crippen molar-refractivity contribution in [2.24, 2.45) is 0 Å². The number of ether oxygens (including phenoxy) is 3. The maximum absolute atomic E-state index is 13.5. The van der Waals surface area contributed by atoms with E-state index in [2.05, 4.69) is 5.32 Å². The van der Waals surface area contributed by atoms with Crippen LogP contribution in [0.5, 0.6) is 17.2 Å². The third-order valence-electron chi connectivity index (χ3n) is 5.67. The predicted octanol–water partition coefficient (Wildman–Crippen LogP) is 4.12. The summed E-state index contributed by atoms with van der Waals surface area (Å²) in [7, 11) is 1.56. The molecule has 0 radical (unpaired) electrons. The molecule has 1 N–H and O–H groups in total. The molecule has 7 heteroatoms. The first kappa shape index (κ1) is 20.6. The number of imide groups is 1. The van der Waals surface area contributed by atoms with Gasteiger partial charge in [-0.05, 0) is 30.7 Å². The van der Waals surface area contributed by atoms with Crippen molar-refractivity contribution in [3.8, 4) is 17.2 Å². The number of fused-ring (bicyclic) bond motifs is 1. The van der Waals surface area contributed by atoms with Gasteiger partial charge in [-0.15, -0.1) is 0 Å². The third kappa shape index (κ3) is 3.78. The minimum atomic E-state index is -0.404. The molecule has 0 fully saturated rings. The van der Waals surface area contributed by atoms with Crippen LogP contribution in [0.25, 0.3) is 5.57 Å². The van der Waals surface area contributed by atoms with E-state index in [0.29, 0.717) is 34.1 Å². The molecule has 2 aliphatic heterocycles. The van der Waals surface area contributed by atoms with Crippen molar-refractivity contribution in [2.75, 3.05) is 19.2 Å². The normalized spacial score (nSPS) is 14.8. The van der Waals surface area contributed by atoms with Crippen molar-refractivity contribution < 1.29 is 23.8 Å². The Morgan fingerprint density at radius 2 is 1.70 bits per heavy atom. The van der Waals surface area contributed by atoms with Crippen LogP contribution < -0.4 is 19.5 Å². The molecule has 3 aromatic carbocycles. The molecule has 2 heterocycles. The van der Waals surface area contributed by atoms with Crippen molar-refractivity contribution in [1.29, 1.82) is 0 Å². The Balaban J connectivity index is 1.53. The highest BCUT2D eigenvalue weighted by Crippen LogP contribution is 2.37. The lowest BCUT2D eigenvalue weighted by Gasteiger charge is -2.17. The Morgan fingerprint density at radius 3 is 2.48 bits per heavy atom. The number of amides is 2. The number of benzene rings is 3. The van der Waals surface area contributed by atoms with Crippen LogP contribution in [-0.2, 0) is 16.1 Å². The molecule has 7 nitrogen and oxygen atoms in total. The molecule has 33 heavy (non-hydrogen) atoms. The number of carbonyl (C=O) groups is 2. The number of rotatable bonds is 6. The van der Waals surface area contributed by atoms with E-state index in [4.69, 9.17) is 14.2 Å².